The topological polar surface area (TPSA) is 91.6 Å². The van der Waals surface area contributed by atoms with E-state index in [-0.39, 0.29) is 29.6 Å². The number of imidazole rings is 1. The molecule has 0 saturated heterocycles. The first-order valence-corrected chi connectivity index (χ1v) is 8.99. The molecule has 2 atom stereocenters. The van der Waals surface area contributed by atoms with Crippen molar-refractivity contribution in [2.45, 2.75) is 45.4 Å². The van der Waals surface area contributed by atoms with Crippen molar-refractivity contribution in [2.75, 3.05) is 0 Å². The summed E-state index contributed by atoms with van der Waals surface area (Å²) in [7, 11) is 0. The molecule has 2 aliphatic rings. The fourth-order valence-corrected chi connectivity index (χ4v) is 4.60. The molecule has 0 saturated carbocycles. The SMILES string of the molecule is Cc1nccn1C[C@H]1CCc2c(c3cccc4c3n2CC[C@@H]4O)C1=O.Cl.O. The number of ketones is 1. The smallest absolute Gasteiger partial charge is 0.170 e. The van der Waals surface area contributed by atoms with Gasteiger partial charge in [-0.2, -0.15) is 0 Å². The van der Waals surface area contributed by atoms with E-state index in [9.17, 15) is 9.90 Å². The largest absolute Gasteiger partial charge is 0.412 e. The van der Waals surface area contributed by atoms with E-state index < -0.39 is 6.10 Å². The number of carbonyl (C=O) groups is 1. The molecular weight excluding hydrogens is 366 g/mol. The molecular formula is C20H24ClN3O3. The van der Waals surface area contributed by atoms with Crippen molar-refractivity contribution in [3.63, 3.8) is 0 Å². The van der Waals surface area contributed by atoms with E-state index in [1.54, 1.807) is 6.20 Å². The highest BCUT2D eigenvalue weighted by Crippen LogP contribution is 2.40. The van der Waals surface area contributed by atoms with Crippen LogP contribution in [-0.4, -0.2) is 30.5 Å². The van der Waals surface area contributed by atoms with Crippen molar-refractivity contribution in [3.8, 4) is 0 Å². The molecule has 2 aromatic heterocycles. The molecule has 27 heavy (non-hydrogen) atoms. The van der Waals surface area contributed by atoms with Crippen LogP contribution in [0, 0.1) is 12.8 Å². The lowest BCUT2D eigenvalue weighted by Crippen LogP contribution is -2.27. The molecule has 0 bridgehead atoms. The first-order chi connectivity index (χ1) is 12.1. The van der Waals surface area contributed by atoms with E-state index in [0.717, 1.165) is 59.4 Å². The molecule has 5 rings (SSSR count). The lowest BCUT2D eigenvalue weighted by Gasteiger charge is -2.25. The number of fused-ring (bicyclic) bond motifs is 3. The summed E-state index contributed by atoms with van der Waals surface area (Å²) in [4.78, 5) is 17.6. The minimum atomic E-state index is -0.424. The lowest BCUT2D eigenvalue weighted by atomic mass is 9.84. The predicted octanol–water partition coefficient (Wildman–Crippen LogP) is 2.63. The Morgan fingerprint density at radius 1 is 1.30 bits per heavy atom. The Kier molecular flexibility index (Phi) is 5.16. The van der Waals surface area contributed by atoms with Crippen molar-refractivity contribution in [3.05, 3.63) is 53.2 Å². The fraction of sp³-hybridized carbons (Fsp3) is 0.400. The van der Waals surface area contributed by atoms with Crippen molar-refractivity contribution >= 4 is 29.1 Å². The molecule has 0 radical (unpaired) electrons. The molecule has 3 heterocycles. The van der Waals surface area contributed by atoms with Crippen LogP contribution in [0.15, 0.2) is 30.6 Å². The number of aliphatic hydroxyl groups is 1. The van der Waals surface area contributed by atoms with Gasteiger partial charge in [-0.1, -0.05) is 18.2 Å². The maximum absolute atomic E-state index is 13.3. The van der Waals surface area contributed by atoms with Gasteiger partial charge in [-0.25, -0.2) is 4.98 Å². The summed E-state index contributed by atoms with van der Waals surface area (Å²) < 4.78 is 4.35. The number of nitrogens with zero attached hydrogens (tertiary/aromatic N) is 3. The molecule has 3 N–H and O–H groups in total. The zero-order valence-corrected chi connectivity index (χ0v) is 16.0. The Labute approximate surface area is 163 Å². The number of carbonyl (C=O) groups excluding carboxylic acids is 1. The number of aryl methyl sites for hydroxylation is 2. The van der Waals surface area contributed by atoms with E-state index in [0.29, 0.717) is 6.54 Å². The Hall–Kier alpha value is -2.15. The summed E-state index contributed by atoms with van der Waals surface area (Å²) in [5.74, 6) is 1.18. The van der Waals surface area contributed by atoms with Crippen molar-refractivity contribution in [2.24, 2.45) is 5.92 Å². The van der Waals surface area contributed by atoms with Crippen LogP contribution in [0.5, 0.6) is 0 Å². The molecule has 3 aromatic rings. The number of aliphatic hydroxyl groups excluding tert-OH is 1. The Balaban J connectivity index is 0.00000105. The Bertz CT molecular complexity index is 1010. The number of hydrogen-bond donors (Lipinski definition) is 1. The number of rotatable bonds is 2. The maximum atomic E-state index is 13.3. The average Bonchev–Trinajstić information content (AvgIpc) is 3.16. The zero-order valence-electron chi connectivity index (χ0n) is 15.2. The monoisotopic (exact) mass is 389 g/mol. The molecule has 144 valence electrons. The van der Waals surface area contributed by atoms with E-state index in [2.05, 4.69) is 14.1 Å². The van der Waals surface area contributed by atoms with Crippen molar-refractivity contribution in [1.29, 1.82) is 0 Å². The standard InChI is InChI=1S/C20H21N3O2.ClH.H2O/c1-12-21-8-10-22(12)11-13-5-6-16-18(20(13)25)15-4-2-3-14-17(24)7-9-23(16)19(14)15;;/h2-4,8,10,13,17,24H,5-7,9,11H2,1H3;1H;1H2/t13-,17+;;/m1../s1. The van der Waals surface area contributed by atoms with Crippen LogP contribution in [0.4, 0.5) is 0 Å². The van der Waals surface area contributed by atoms with Gasteiger partial charge < -0.3 is 19.7 Å². The third kappa shape index (κ3) is 2.79. The van der Waals surface area contributed by atoms with E-state index >= 15 is 0 Å². The van der Waals surface area contributed by atoms with Crippen LogP contribution in [0.3, 0.4) is 0 Å². The fourth-order valence-electron chi connectivity index (χ4n) is 4.60. The molecule has 6 nitrogen and oxygen atoms in total. The van der Waals surface area contributed by atoms with Gasteiger partial charge in [0.2, 0.25) is 0 Å². The summed E-state index contributed by atoms with van der Waals surface area (Å²) in [5, 5.41) is 11.4. The van der Waals surface area contributed by atoms with Gasteiger partial charge in [-0.15, -0.1) is 12.4 Å². The average molecular weight is 390 g/mol. The number of halogens is 1. The van der Waals surface area contributed by atoms with Crippen molar-refractivity contribution in [1.82, 2.24) is 14.1 Å². The third-order valence-corrected chi connectivity index (χ3v) is 5.89. The second kappa shape index (κ2) is 7.11. The van der Waals surface area contributed by atoms with Gasteiger partial charge in [0.1, 0.15) is 5.82 Å². The van der Waals surface area contributed by atoms with Crippen LogP contribution in [0.1, 0.15) is 46.4 Å². The summed E-state index contributed by atoms with van der Waals surface area (Å²) in [6.07, 6.45) is 5.83. The van der Waals surface area contributed by atoms with Crippen LogP contribution < -0.4 is 0 Å². The number of Topliss-reactive ketones (excluding diaryl/α,β-unsaturated/α-hetero) is 1. The van der Waals surface area contributed by atoms with Gasteiger partial charge >= 0.3 is 0 Å². The molecule has 1 aliphatic heterocycles. The van der Waals surface area contributed by atoms with Crippen LogP contribution in [0.2, 0.25) is 0 Å². The minimum absolute atomic E-state index is 0. The third-order valence-electron chi connectivity index (χ3n) is 5.89. The van der Waals surface area contributed by atoms with Gasteiger partial charge in [-0.05, 0) is 26.2 Å². The highest BCUT2D eigenvalue weighted by atomic mass is 35.5. The Morgan fingerprint density at radius 2 is 2.11 bits per heavy atom. The van der Waals surface area contributed by atoms with E-state index in [1.807, 2.05) is 31.3 Å². The second-order valence-electron chi connectivity index (χ2n) is 7.25. The zero-order chi connectivity index (χ0) is 17.1. The highest BCUT2D eigenvalue weighted by molar-refractivity contribution is 6.12. The normalized spacial score (nSPS) is 20.7. The Morgan fingerprint density at radius 3 is 2.85 bits per heavy atom. The summed E-state index contributed by atoms with van der Waals surface area (Å²) in [6, 6.07) is 5.99. The maximum Gasteiger partial charge on any atom is 0.170 e. The van der Waals surface area contributed by atoms with Gasteiger partial charge in [0, 0.05) is 53.6 Å². The molecule has 7 heteroatoms. The van der Waals surface area contributed by atoms with Gasteiger partial charge in [-0.3, -0.25) is 4.79 Å². The first kappa shape index (κ1) is 19.6. The molecule has 0 amide bonds. The van der Waals surface area contributed by atoms with Gasteiger partial charge in [0.15, 0.2) is 5.78 Å². The molecule has 0 spiro atoms. The minimum Gasteiger partial charge on any atom is -0.412 e. The number of benzene rings is 1. The van der Waals surface area contributed by atoms with Gasteiger partial charge in [0.05, 0.1) is 11.6 Å². The highest BCUT2D eigenvalue weighted by Gasteiger charge is 2.35. The molecule has 1 aliphatic carbocycles. The van der Waals surface area contributed by atoms with Crippen LogP contribution >= 0.6 is 12.4 Å². The summed E-state index contributed by atoms with van der Waals surface area (Å²) in [5.41, 5.74) is 4.09. The molecule has 1 aromatic carbocycles. The van der Waals surface area contributed by atoms with E-state index in [4.69, 9.17) is 0 Å². The summed E-state index contributed by atoms with van der Waals surface area (Å²) >= 11 is 0. The van der Waals surface area contributed by atoms with Crippen LogP contribution in [0.25, 0.3) is 10.9 Å². The quantitative estimate of drug-likeness (QED) is 0.730. The number of hydrogen-bond acceptors (Lipinski definition) is 3. The second-order valence-corrected chi connectivity index (χ2v) is 7.25. The van der Waals surface area contributed by atoms with Gasteiger partial charge in [0.25, 0.3) is 0 Å². The van der Waals surface area contributed by atoms with Crippen LogP contribution in [-0.2, 0) is 19.5 Å². The molecule has 0 fully saturated rings. The number of para-hydroxylation sites is 1. The first-order valence-electron chi connectivity index (χ1n) is 8.99. The molecule has 0 unspecified atom stereocenters. The predicted molar refractivity (Wildman–Crippen MR) is 105 cm³/mol. The number of aromatic nitrogens is 3. The van der Waals surface area contributed by atoms with Crippen molar-refractivity contribution < 1.29 is 15.4 Å². The lowest BCUT2D eigenvalue weighted by molar-refractivity contribution is 0.0887. The van der Waals surface area contributed by atoms with E-state index in [1.165, 1.54) is 0 Å². The summed E-state index contributed by atoms with van der Waals surface area (Å²) in [6.45, 7) is 3.46.